The van der Waals surface area contributed by atoms with Crippen molar-refractivity contribution in [2.24, 2.45) is 0 Å². The van der Waals surface area contributed by atoms with E-state index < -0.39 is 20.1 Å². The molecule has 0 fully saturated rings. The fourth-order valence-electron chi connectivity index (χ4n) is 2.47. The van der Waals surface area contributed by atoms with Crippen molar-refractivity contribution in [3.05, 3.63) is 66.2 Å². The molecule has 25 heavy (non-hydrogen) atoms. The first-order valence-corrected chi connectivity index (χ1v) is 10.2. The minimum atomic E-state index is -4.36. The van der Waals surface area contributed by atoms with Crippen LogP contribution in [-0.4, -0.2) is 21.4 Å². The molecular weight excluding hydrogens is 362 g/mol. The molecule has 3 aromatic rings. The van der Waals surface area contributed by atoms with Crippen LogP contribution < -0.4 is 4.72 Å². The van der Waals surface area contributed by atoms with Crippen LogP contribution in [0, 0.1) is 6.92 Å². The monoisotopic (exact) mass is 377 g/mol. The smallest absolute Gasteiger partial charge is 0.282 e. The Hall–Kier alpha value is -2.42. The first kappa shape index (κ1) is 17.4. The van der Waals surface area contributed by atoms with Crippen LogP contribution in [0.15, 0.2) is 70.5 Å². The molecule has 8 heteroatoms. The van der Waals surface area contributed by atoms with Gasteiger partial charge in [-0.05, 0) is 42.6 Å². The zero-order valence-electron chi connectivity index (χ0n) is 13.2. The summed E-state index contributed by atoms with van der Waals surface area (Å²) < 4.78 is 59.4. The number of benzene rings is 3. The average molecular weight is 377 g/mol. The Morgan fingerprint density at radius 3 is 2.20 bits per heavy atom. The molecule has 0 atom stereocenters. The summed E-state index contributed by atoms with van der Waals surface area (Å²) in [5.74, 6) is 0. The summed E-state index contributed by atoms with van der Waals surface area (Å²) in [6.07, 6.45) is 0. The highest BCUT2D eigenvalue weighted by Crippen LogP contribution is 2.27. The van der Waals surface area contributed by atoms with Crippen LogP contribution in [-0.2, 0) is 20.1 Å². The van der Waals surface area contributed by atoms with Gasteiger partial charge in [-0.3, -0.25) is 9.27 Å². The van der Waals surface area contributed by atoms with Crippen molar-refractivity contribution >= 4 is 36.6 Å². The van der Waals surface area contributed by atoms with Crippen molar-refractivity contribution in [3.8, 4) is 0 Å². The van der Waals surface area contributed by atoms with Gasteiger partial charge in [0.25, 0.3) is 20.1 Å². The minimum Gasteiger partial charge on any atom is -0.282 e. The Labute approximate surface area is 145 Å². The molecule has 0 heterocycles. The van der Waals surface area contributed by atoms with E-state index in [2.05, 4.69) is 4.72 Å². The van der Waals surface area contributed by atoms with E-state index in [1.165, 1.54) is 42.5 Å². The second-order valence-electron chi connectivity index (χ2n) is 5.59. The van der Waals surface area contributed by atoms with Gasteiger partial charge in [-0.2, -0.15) is 8.42 Å². The average Bonchev–Trinajstić information content (AvgIpc) is 2.53. The van der Waals surface area contributed by atoms with Crippen molar-refractivity contribution in [1.82, 2.24) is 0 Å². The summed E-state index contributed by atoms with van der Waals surface area (Å²) in [7, 11) is -8.12. The summed E-state index contributed by atoms with van der Waals surface area (Å²) in [6.45, 7) is 1.86. The van der Waals surface area contributed by atoms with Gasteiger partial charge in [0, 0.05) is 11.1 Å². The minimum absolute atomic E-state index is 0.130. The van der Waals surface area contributed by atoms with Gasteiger partial charge >= 0.3 is 0 Å². The number of hydrogen-bond acceptors (Lipinski definition) is 4. The third kappa shape index (κ3) is 3.65. The van der Waals surface area contributed by atoms with Crippen LogP contribution in [0.1, 0.15) is 5.56 Å². The zero-order chi connectivity index (χ0) is 18.2. The van der Waals surface area contributed by atoms with E-state index in [1.807, 2.05) is 6.92 Å². The third-order valence-electron chi connectivity index (χ3n) is 3.70. The maximum Gasteiger partial charge on any atom is 0.295 e. The van der Waals surface area contributed by atoms with E-state index in [-0.39, 0.29) is 9.79 Å². The van der Waals surface area contributed by atoms with Crippen LogP contribution in [0.25, 0.3) is 10.8 Å². The van der Waals surface area contributed by atoms with E-state index in [0.29, 0.717) is 16.5 Å². The lowest BCUT2D eigenvalue weighted by molar-refractivity contribution is 0.484. The van der Waals surface area contributed by atoms with Crippen molar-refractivity contribution in [1.29, 1.82) is 0 Å². The molecular formula is C17H15NO5S2. The fraction of sp³-hybridized carbons (Fsp3) is 0.0588. The molecule has 0 radical (unpaired) electrons. The van der Waals surface area contributed by atoms with E-state index in [1.54, 1.807) is 18.2 Å². The number of aryl methyl sites for hydroxylation is 1. The highest BCUT2D eigenvalue weighted by molar-refractivity contribution is 7.92. The normalized spacial score (nSPS) is 12.2. The molecule has 0 bridgehead atoms. The lowest BCUT2D eigenvalue weighted by Crippen LogP contribution is -2.12. The Morgan fingerprint density at radius 1 is 0.880 bits per heavy atom. The molecule has 2 N–H and O–H groups in total. The van der Waals surface area contributed by atoms with Crippen LogP contribution in [0.3, 0.4) is 0 Å². The van der Waals surface area contributed by atoms with E-state index in [4.69, 9.17) is 0 Å². The predicted molar refractivity (Wildman–Crippen MR) is 95.8 cm³/mol. The summed E-state index contributed by atoms with van der Waals surface area (Å²) in [4.78, 5) is -0.0946. The van der Waals surface area contributed by atoms with Crippen molar-refractivity contribution < 1.29 is 21.4 Å². The van der Waals surface area contributed by atoms with Gasteiger partial charge in [-0.1, -0.05) is 35.9 Å². The summed E-state index contributed by atoms with van der Waals surface area (Å²) in [6, 6.07) is 15.2. The van der Waals surface area contributed by atoms with Gasteiger partial charge in [0.2, 0.25) is 0 Å². The van der Waals surface area contributed by atoms with Crippen molar-refractivity contribution in [3.63, 3.8) is 0 Å². The van der Waals surface area contributed by atoms with Crippen LogP contribution in [0.2, 0.25) is 0 Å². The standard InChI is InChI=1S/C17H15NO5S2/c1-12-5-8-15(9-6-12)24(19,20)18-14-7-10-16-13(11-14)3-2-4-17(16)25(21,22)23/h2-11,18H,1H3,(H,21,22,23). The molecule has 0 unspecified atom stereocenters. The highest BCUT2D eigenvalue weighted by atomic mass is 32.2. The Bertz CT molecular complexity index is 1150. The summed E-state index contributed by atoms with van der Waals surface area (Å²) >= 11 is 0. The van der Waals surface area contributed by atoms with Crippen LogP contribution in [0.4, 0.5) is 5.69 Å². The summed E-state index contributed by atoms with van der Waals surface area (Å²) in [5.41, 5.74) is 1.24. The Morgan fingerprint density at radius 2 is 1.56 bits per heavy atom. The molecule has 3 rings (SSSR count). The van der Waals surface area contributed by atoms with E-state index in [0.717, 1.165) is 5.56 Å². The van der Waals surface area contributed by atoms with Crippen LogP contribution in [0.5, 0.6) is 0 Å². The van der Waals surface area contributed by atoms with Gasteiger partial charge in [0.15, 0.2) is 0 Å². The van der Waals surface area contributed by atoms with E-state index >= 15 is 0 Å². The zero-order valence-corrected chi connectivity index (χ0v) is 14.8. The number of rotatable bonds is 4. The van der Waals surface area contributed by atoms with E-state index in [9.17, 15) is 21.4 Å². The second kappa shape index (κ2) is 6.14. The Kier molecular flexibility index (Phi) is 4.28. The predicted octanol–water partition coefficient (Wildman–Crippen LogP) is 3.20. The van der Waals surface area contributed by atoms with Crippen molar-refractivity contribution in [2.75, 3.05) is 4.72 Å². The molecule has 6 nitrogen and oxygen atoms in total. The molecule has 0 saturated heterocycles. The highest BCUT2D eigenvalue weighted by Gasteiger charge is 2.16. The summed E-state index contributed by atoms with van der Waals surface area (Å²) in [5, 5.41) is 0.794. The fourth-order valence-corrected chi connectivity index (χ4v) is 4.24. The lowest BCUT2D eigenvalue weighted by Gasteiger charge is -2.10. The lowest BCUT2D eigenvalue weighted by atomic mass is 10.1. The number of sulfonamides is 1. The maximum absolute atomic E-state index is 12.4. The number of nitrogens with one attached hydrogen (secondary N) is 1. The molecule has 3 aromatic carbocycles. The molecule has 0 aromatic heterocycles. The first-order valence-electron chi connectivity index (χ1n) is 7.27. The number of hydrogen-bond donors (Lipinski definition) is 2. The third-order valence-corrected chi connectivity index (χ3v) is 6.01. The maximum atomic E-state index is 12.4. The number of anilines is 1. The van der Waals surface area contributed by atoms with Gasteiger partial charge in [0.1, 0.15) is 4.90 Å². The van der Waals surface area contributed by atoms with Gasteiger partial charge in [0.05, 0.1) is 4.90 Å². The van der Waals surface area contributed by atoms with Crippen LogP contribution >= 0.6 is 0 Å². The molecule has 0 aliphatic carbocycles. The van der Waals surface area contributed by atoms with Gasteiger partial charge < -0.3 is 0 Å². The second-order valence-corrected chi connectivity index (χ2v) is 8.66. The Balaban J connectivity index is 2.02. The molecule has 0 spiro atoms. The van der Waals surface area contributed by atoms with Crippen molar-refractivity contribution in [2.45, 2.75) is 16.7 Å². The molecule has 0 aliphatic rings. The largest absolute Gasteiger partial charge is 0.295 e. The number of fused-ring (bicyclic) bond motifs is 1. The molecule has 0 aliphatic heterocycles. The topological polar surface area (TPSA) is 101 Å². The quantitative estimate of drug-likeness (QED) is 0.680. The molecule has 0 amide bonds. The first-order chi connectivity index (χ1) is 11.7. The molecule has 0 saturated carbocycles. The van der Waals surface area contributed by atoms with Gasteiger partial charge in [-0.15, -0.1) is 0 Å². The molecule has 130 valence electrons. The SMILES string of the molecule is Cc1ccc(S(=O)(=O)Nc2ccc3c(S(=O)(=O)O)cccc3c2)cc1. The van der Waals surface area contributed by atoms with Gasteiger partial charge in [-0.25, -0.2) is 8.42 Å².